The number of carbonyl (C=O) groups is 1. The van der Waals surface area contributed by atoms with E-state index in [4.69, 9.17) is 10.5 Å². The van der Waals surface area contributed by atoms with Crippen LogP contribution in [-0.4, -0.2) is 37.0 Å². The Morgan fingerprint density at radius 1 is 1.40 bits per heavy atom. The first kappa shape index (κ1) is 18.7. The molecule has 1 aromatic rings. The normalized spacial score (nSPS) is 11.7. The van der Waals surface area contributed by atoms with E-state index in [1.807, 2.05) is 13.8 Å². The maximum absolute atomic E-state index is 13.3. The predicted octanol–water partition coefficient (Wildman–Crippen LogP) is 2.07. The lowest BCUT2D eigenvalue weighted by Crippen LogP contribution is -2.46. The first-order chi connectivity index (χ1) is 8.93. The van der Waals surface area contributed by atoms with Gasteiger partial charge in [0.1, 0.15) is 6.61 Å². The van der Waals surface area contributed by atoms with E-state index in [1.165, 1.54) is 11.0 Å². The zero-order valence-corrected chi connectivity index (χ0v) is 12.8. The molecule has 1 atom stereocenters. The number of amides is 1. The third-order valence-corrected chi connectivity index (χ3v) is 2.90. The van der Waals surface area contributed by atoms with Crippen LogP contribution in [0.25, 0.3) is 0 Å². The highest BCUT2D eigenvalue weighted by Crippen LogP contribution is 2.15. The standard InChI is InChI=1S/C14H21FN2O2.ClH/c1-10(2)13(16)14(18)17(3)8-9-19-12-7-5-4-6-11(12)15;/h4-7,10,13H,8-9,16H2,1-3H3;1H/t13-;/m1./s1. The average Bonchev–Trinajstić information content (AvgIpc) is 2.38. The molecule has 0 aliphatic carbocycles. The number of nitrogens with two attached hydrogens (primary N) is 1. The summed E-state index contributed by atoms with van der Waals surface area (Å²) in [7, 11) is 1.66. The molecule has 1 rings (SSSR count). The second-order valence-electron chi connectivity index (χ2n) is 4.81. The summed E-state index contributed by atoms with van der Waals surface area (Å²) in [6, 6.07) is 5.66. The van der Waals surface area contributed by atoms with Crippen molar-refractivity contribution in [2.45, 2.75) is 19.9 Å². The Kier molecular flexibility index (Phi) is 8.18. The highest BCUT2D eigenvalue weighted by Gasteiger charge is 2.20. The lowest BCUT2D eigenvalue weighted by Gasteiger charge is -2.23. The molecule has 20 heavy (non-hydrogen) atoms. The molecule has 0 heterocycles. The fraction of sp³-hybridized carbons (Fsp3) is 0.500. The minimum Gasteiger partial charge on any atom is -0.489 e. The van der Waals surface area contributed by atoms with Crippen LogP contribution in [0.2, 0.25) is 0 Å². The Hall–Kier alpha value is -1.33. The maximum Gasteiger partial charge on any atom is 0.239 e. The van der Waals surface area contributed by atoms with Crippen LogP contribution in [0.15, 0.2) is 24.3 Å². The minimum atomic E-state index is -0.515. The van der Waals surface area contributed by atoms with Crippen molar-refractivity contribution in [2.75, 3.05) is 20.2 Å². The van der Waals surface area contributed by atoms with Gasteiger partial charge in [-0.15, -0.1) is 12.4 Å². The van der Waals surface area contributed by atoms with E-state index in [0.29, 0.717) is 6.54 Å². The second-order valence-corrected chi connectivity index (χ2v) is 4.81. The first-order valence-electron chi connectivity index (χ1n) is 6.31. The van der Waals surface area contributed by atoms with Crippen LogP contribution in [0.1, 0.15) is 13.8 Å². The summed E-state index contributed by atoms with van der Waals surface area (Å²) >= 11 is 0. The van der Waals surface area contributed by atoms with E-state index in [2.05, 4.69) is 0 Å². The summed E-state index contributed by atoms with van der Waals surface area (Å²) in [5, 5.41) is 0. The fourth-order valence-corrected chi connectivity index (χ4v) is 1.50. The molecule has 4 nitrogen and oxygen atoms in total. The topological polar surface area (TPSA) is 55.6 Å². The number of benzene rings is 1. The van der Waals surface area contributed by atoms with Crippen LogP contribution >= 0.6 is 12.4 Å². The van der Waals surface area contributed by atoms with Gasteiger partial charge >= 0.3 is 0 Å². The Morgan fingerprint density at radius 3 is 2.55 bits per heavy atom. The molecule has 0 unspecified atom stereocenters. The highest BCUT2D eigenvalue weighted by atomic mass is 35.5. The van der Waals surface area contributed by atoms with Gasteiger partial charge in [-0.05, 0) is 18.1 Å². The summed E-state index contributed by atoms with van der Waals surface area (Å²) in [5.74, 6) is -0.263. The third-order valence-electron chi connectivity index (χ3n) is 2.90. The monoisotopic (exact) mass is 304 g/mol. The average molecular weight is 305 g/mol. The molecule has 1 amide bonds. The summed E-state index contributed by atoms with van der Waals surface area (Å²) in [4.78, 5) is 13.4. The van der Waals surface area contributed by atoms with Crippen molar-refractivity contribution in [1.29, 1.82) is 0 Å². The first-order valence-corrected chi connectivity index (χ1v) is 6.31. The molecule has 6 heteroatoms. The summed E-state index contributed by atoms with van der Waals surface area (Å²) in [6.07, 6.45) is 0. The van der Waals surface area contributed by atoms with Gasteiger partial charge in [-0.3, -0.25) is 4.79 Å². The molecule has 0 aliphatic rings. The van der Waals surface area contributed by atoms with Gasteiger partial charge in [0.2, 0.25) is 5.91 Å². The van der Waals surface area contributed by atoms with Crippen LogP contribution in [0.3, 0.4) is 0 Å². The van der Waals surface area contributed by atoms with E-state index in [-0.39, 0.29) is 36.6 Å². The van der Waals surface area contributed by atoms with Gasteiger partial charge in [-0.25, -0.2) is 4.39 Å². The van der Waals surface area contributed by atoms with Crippen LogP contribution in [0.4, 0.5) is 4.39 Å². The Labute approximate surface area is 125 Å². The molecular weight excluding hydrogens is 283 g/mol. The smallest absolute Gasteiger partial charge is 0.239 e. The number of halogens is 2. The molecule has 0 saturated heterocycles. The van der Waals surface area contributed by atoms with Crippen LogP contribution < -0.4 is 10.5 Å². The number of ether oxygens (including phenoxy) is 1. The number of rotatable bonds is 6. The molecule has 114 valence electrons. The van der Waals surface area contributed by atoms with Gasteiger partial charge in [0.15, 0.2) is 11.6 Å². The number of nitrogens with zero attached hydrogens (tertiary/aromatic N) is 1. The quantitative estimate of drug-likeness (QED) is 0.875. The van der Waals surface area contributed by atoms with Crippen molar-refractivity contribution in [3.05, 3.63) is 30.1 Å². The van der Waals surface area contributed by atoms with Crippen molar-refractivity contribution in [3.63, 3.8) is 0 Å². The Morgan fingerprint density at radius 2 is 2.00 bits per heavy atom. The van der Waals surface area contributed by atoms with E-state index >= 15 is 0 Å². The maximum atomic E-state index is 13.3. The van der Waals surface area contributed by atoms with Gasteiger partial charge < -0.3 is 15.4 Å². The lowest BCUT2D eigenvalue weighted by molar-refractivity contribution is -0.132. The van der Waals surface area contributed by atoms with Crippen molar-refractivity contribution < 1.29 is 13.9 Å². The molecule has 2 N–H and O–H groups in total. The van der Waals surface area contributed by atoms with Gasteiger partial charge in [0.25, 0.3) is 0 Å². The van der Waals surface area contributed by atoms with Crippen molar-refractivity contribution >= 4 is 18.3 Å². The summed E-state index contributed by atoms with van der Waals surface area (Å²) in [5.41, 5.74) is 5.78. The summed E-state index contributed by atoms with van der Waals surface area (Å²) < 4.78 is 18.6. The number of likely N-dealkylation sites (N-methyl/N-ethyl adjacent to an activating group) is 1. The number of carbonyl (C=O) groups excluding carboxylic acids is 1. The Balaban J connectivity index is 0.00000361. The van der Waals surface area contributed by atoms with E-state index in [0.717, 1.165) is 0 Å². The largest absolute Gasteiger partial charge is 0.489 e. The summed E-state index contributed by atoms with van der Waals surface area (Å²) in [6.45, 7) is 4.39. The fourth-order valence-electron chi connectivity index (χ4n) is 1.50. The van der Waals surface area contributed by atoms with Crippen molar-refractivity contribution in [1.82, 2.24) is 4.90 Å². The number of hydrogen-bond acceptors (Lipinski definition) is 3. The highest BCUT2D eigenvalue weighted by molar-refractivity contribution is 5.85. The van der Waals surface area contributed by atoms with Gasteiger partial charge in [0, 0.05) is 7.05 Å². The van der Waals surface area contributed by atoms with Gasteiger partial charge in [-0.1, -0.05) is 26.0 Å². The Bertz CT molecular complexity index is 429. The van der Waals surface area contributed by atoms with Crippen LogP contribution in [0, 0.1) is 11.7 Å². The number of para-hydroxylation sites is 1. The molecule has 0 saturated carbocycles. The molecule has 1 aromatic carbocycles. The van der Waals surface area contributed by atoms with Crippen molar-refractivity contribution in [2.24, 2.45) is 11.7 Å². The molecule has 0 bridgehead atoms. The van der Waals surface area contributed by atoms with E-state index in [9.17, 15) is 9.18 Å². The SMILES string of the molecule is CC(C)[C@@H](N)C(=O)N(C)CCOc1ccccc1F.Cl. The lowest BCUT2D eigenvalue weighted by atomic mass is 10.0. The van der Waals surface area contributed by atoms with E-state index in [1.54, 1.807) is 25.2 Å². The molecule has 0 aromatic heterocycles. The van der Waals surface area contributed by atoms with Crippen LogP contribution in [0.5, 0.6) is 5.75 Å². The van der Waals surface area contributed by atoms with Gasteiger partial charge in [-0.2, -0.15) is 0 Å². The number of hydrogen-bond donors (Lipinski definition) is 1. The second kappa shape index (κ2) is 8.76. The predicted molar refractivity (Wildman–Crippen MR) is 79.6 cm³/mol. The molecule has 0 spiro atoms. The zero-order valence-electron chi connectivity index (χ0n) is 12.0. The minimum absolute atomic E-state index is 0. The zero-order chi connectivity index (χ0) is 14.4. The van der Waals surface area contributed by atoms with E-state index < -0.39 is 11.9 Å². The molecule has 0 fully saturated rings. The molecule has 0 radical (unpaired) electrons. The van der Waals surface area contributed by atoms with Crippen LogP contribution in [-0.2, 0) is 4.79 Å². The van der Waals surface area contributed by atoms with Crippen molar-refractivity contribution in [3.8, 4) is 5.75 Å². The molecular formula is C14H22ClFN2O2. The third kappa shape index (κ3) is 5.35. The van der Waals surface area contributed by atoms with Gasteiger partial charge in [0.05, 0.1) is 12.6 Å². The molecule has 0 aliphatic heterocycles.